The molecular formula is C47H54N2O6S. The van der Waals surface area contributed by atoms with Crippen molar-refractivity contribution in [2.24, 2.45) is 22.9 Å². The minimum Gasteiger partial charge on any atom is -0.460 e. The molecule has 0 radical (unpaired) electrons. The highest BCUT2D eigenvalue weighted by Crippen LogP contribution is 2.62. The van der Waals surface area contributed by atoms with Gasteiger partial charge in [0.2, 0.25) is 5.79 Å². The normalized spacial score (nSPS) is 24.4. The molecule has 1 saturated carbocycles. The van der Waals surface area contributed by atoms with Gasteiger partial charge in [-0.1, -0.05) is 72.6 Å². The maximum atomic E-state index is 9.90. The number of nitrogens with zero attached hydrogens (tertiary/aromatic N) is 2. The first-order valence-electron chi connectivity index (χ1n) is 20.0. The lowest BCUT2D eigenvalue weighted by molar-refractivity contribution is -0.223. The summed E-state index contributed by atoms with van der Waals surface area (Å²) in [7, 11) is 1.62. The van der Waals surface area contributed by atoms with Crippen LogP contribution in [0.3, 0.4) is 0 Å². The number of hydrogen-bond donors (Lipinski definition) is 2. The number of aromatic nitrogens is 1. The van der Waals surface area contributed by atoms with E-state index in [1.807, 2.05) is 66.6 Å². The van der Waals surface area contributed by atoms with Gasteiger partial charge < -0.3 is 29.3 Å². The van der Waals surface area contributed by atoms with Crippen LogP contribution in [0, 0.1) is 17.8 Å². The second-order valence-electron chi connectivity index (χ2n) is 14.9. The quantitative estimate of drug-likeness (QED) is 0.0552. The first-order chi connectivity index (χ1) is 27.6. The van der Waals surface area contributed by atoms with Crippen molar-refractivity contribution in [2.45, 2.75) is 68.3 Å². The number of thioether (sulfide) groups is 1. The second kappa shape index (κ2) is 19.2. The zero-order chi connectivity index (χ0) is 38.7. The van der Waals surface area contributed by atoms with Crippen LogP contribution < -0.4 is 9.47 Å². The molecule has 0 bridgehead atoms. The fourth-order valence-corrected chi connectivity index (χ4v) is 10.4. The molecule has 8 nitrogen and oxygen atoms in total. The number of aliphatic hydroxyl groups excluding tert-OH is 2. The van der Waals surface area contributed by atoms with Gasteiger partial charge in [0.25, 0.3) is 0 Å². The molecule has 0 unspecified atom stereocenters. The summed E-state index contributed by atoms with van der Waals surface area (Å²) in [5.41, 5.74) is 6.67. The summed E-state index contributed by atoms with van der Waals surface area (Å²) in [4.78, 5) is 9.78. The Morgan fingerprint density at radius 2 is 1.64 bits per heavy atom. The fourth-order valence-electron chi connectivity index (χ4n) is 9.00. The number of fused-ring (bicyclic) bond motifs is 2. The van der Waals surface area contributed by atoms with Crippen molar-refractivity contribution in [3.63, 3.8) is 0 Å². The lowest BCUT2D eigenvalue weighted by Crippen LogP contribution is -2.64. The maximum absolute atomic E-state index is 9.90. The average Bonchev–Trinajstić information content (AvgIpc) is 3.23. The van der Waals surface area contributed by atoms with Crippen LogP contribution in [0.4, 0.5) is 0 Å². The number of benzene rings is 3. The Balaban J connectivity index is 1.31. The number of pyridine rings is 1. The Morgan fingerprint density at radius 3 is 2.38 bits per heavy atom. The van der Waals surface area contributed by atoms with E-state index in [9.17, 15) is 10.2 Å². The van der Waals surface area contributed by atoms with Gasteiger partial charge in [-0.15, -0.1) is 6.58 Å². The summed E-state index contributed by atoms with van der Waals surface area (Å²) >= 11 is 1.86. The van der Waals surface area contributed by atoms with Crippen molar-refractivity contribution in [3.8, 4) is 28.4 Å². The lowest BCUT2D eigenvalue weighted by Gasteiger charge is -2.58. The molecule has 1 aromatic heterocycles. The van der Waals surface area contributed by atoms with E-state index in [4.69, 9.17) is 24.2 Å². The topological polar surface area (TPSA) is 103 Å². The number of aliphatic hydroxyl groups is 2. The zero-order valence-corrected chi connectivity index (χ0v) is 33.1. The van der Waals surface area contributed by atoms with Gasteiger partial charge in [0.05, 0.1) is 23.5 Å². The fraction of sp³-hybridized carbons (Fsp3) is 0.404. The molecule has 9 heteroatoms. The van der Waals surface area contributed by atoms with Crippen LogP contribution in [-0.2, 0) is 16.0 Å². The average molecular weight is 775 g/mol. The van der Waals surface area contributed by atoms with Crippen molar-refractivity contribution < 1.29 is 29.3 Å². The van der Waals surface area contributed by atoms with Gasteiger partial charge in [-0.2, -0.15) is 11.8 Å². The predicted molar refractivity (Wildman–Crippen MR) is 224 cm³/mol. The van der Waals surface area contributed by atoms with Crippen LogP contribution in [0.15, 0.2) is 127 Å². The van der Waals surface area contributed by atoms with Crippen LogP contribution in [0.25, 0.3) is 11.1 Å². The summed E-state index contributed by atoms with van der Waals surface area (Å²) in [6.07, 6.45) is 14.6. The first kappa shape index (κ1) is 39.8. The van der Waals surface area contributed by atoms with Gasteiger partial charge in [0.15, 0.2) is 0 Å². The molecule has 1 fully saturated rings. The number of oxime groups is 1. The Morgan fingerprint density at radius 1 is 0.911 bits per heavy atom. The van der Waals surface area contributed by atoms with Crippen LogP contribution in [0.1, 0.15) is 62.0 Å². The van der Waals surface area contributed by atoms with Crippen LogP contribution in [0.5, 0.6) is 17.2 Å². The molecule has 56 heavy (non-hydrogen) atoms. The van der Waals surface area contributed by atoms with E-state index >= 15 is 0 Å². The predicted octanol–water partition coefficient (Wildman–Crippen LogP) is 9.78. The summed E-state index contributed by atoms with van der Waals surface area (Å²) in [6, 6.07) is 28.9. The third-order valence-electron chi connectivity index (χ3n) is 11.5. The molecule has 4 aromatic rings. The molecule has 2 aliphatic carbocycles. The van der Waals surface area contributed by atoms with Crippen LogP contribution >= 0.6 is 11.8 Å². The molecule has 0 saturated heterocycles. The van der Waals surface area contributed by atoms with Crippen molar-refractivity contribution >= 4 is 17.5 Å². The molecular weight excluding hydrogens is 721 g/mol. The monoisotopic (exact) mass is 774 g/mol. The lowest BCUT2D eigenvalue weighted by atomic mass is 9.56. The van der Waals surface area contributed by atoms with Gasteiger partial charge in [-0.05, 0) is 114 Å². The van der Waals surface area contributed by atoms with E-state index in [1.165, 1.54) is 5.56 Å². The summed E-state index contributed by atoms with van der Waals surface area (Å²) in [6.45, 7) is 4.71. The Kier molecular flexibility index (Phi) is 13.6. The highest BCUT2D eigenvalue weighted by Gasteiger charge is 2.63. The SMILES string of the molecule is C=CCO[C@@]12Oc3ccc(Oc4ccc(-c5ccccc5)cc4)cc3[C@H]3[C@H](CCCCO)[C@@H](CCCCO)C=C(C(=NOC)C[C@@H]1SCCc1ccncc1)[C@H]32. The highest BCUT2D eigenvalue weighted by molar-refractivity contribution is 8.00. The number of allylic oxidation sites excluding steroid dienone is 1. The number of aryl methyl sites for hydroxylation is 1. The van der Waals surface area contributed by atoms with Crippen molar-refractivity contribution in [1.82, 2.24) is 4.98 Å². The second-order valence-corrected chi connectivity index (χ2v) is 16.2. The van der Waals surface area contributed by atoms with E-state index in [2.05, 4.69) is 66.2 Å². The Bertz CT molecular complexity index is 1940. The number of unbranched alkanes of at least 4 members (excludes halogenated alkanes) is 2. The van der Waals surface area contributed by atoms with Gasteiger partial charge in [0.1, 0.15) is 24.4 Å². The van der Waals surface area contributed by atoms with Gasteiger partial charge in [0, 0.05) is 43.5 Å². The Hall–Kier alpha value is -4.41. The van der Waals surface area contributed by atoms with E-state index < -0.39 is 5.79 Å². The molecule has 0 spiro atoms. The van der Waals surface area contributed by atoms with Crippen LogP contribution in [0.2, 0.25) is 0 Å². The molecule has 1 aliphatic heterocycles. The summed E-state index contributed by atoms with van der Waals surface area (Å²) in [5, 5.41) is 24.3. The van der Waals surface area contributed by atoms with Gasteiger partial charge in [-0.3, -0.25) is 4.98 Å². The number of ether oxygens (including phenoxy) is 3. The molecule has 2 heterocycles. The zero-order valence-electron chi connectivity index (χ0n) is 32.3. The standard InChI is InChI=1S/C47H54N2O6S/c1-3-28-53-47-44(56-29-23-33-21-24-48-25-22-33)32-42(49-52-2)40-30-36(13-7-9-26-50)39(14-8-10-27-51)45(46(40)47)41-31-38(19-20-43(41)55-47)54-37-17-15-35(16-18-37)34-11-5-4-6-12-34/h3-6,11-12,15-22,24-25,30-31,36,39,44-46,50-51H,1,7-10,13-14,23,26-29,32H2,2H3/t36-,39+,44-,45+,46+,47+/m0/s1. The summed E-state index contributed by atoms with van der Waals surface area (Å²) < 4.78 is 20.9. The van der Waals surface area contributed by atoms with Gasteiger partial charge >= 0.3 is 0 Å². The molecule has 3 aromatic carbocycles. The maximum Gasteiger partial charge on any atom is 0.230 e. The number of hydrogen-bond acceptors (Lipinski definition) is 9. The minimum absolute atomic E-state index is 0.00366. The molecule has 6 atom stereocenters. The molecule has 7 rings (SSSR count). The minimum atomic E-state index is -1.01. The van der Waals surface area contributed by atoms with Crippen LogP contribution in [-0.4, -0.2) is 64.6 Å². The van der Waals surface area contributed by atoms with Gasteiger partial charge in [-0.25, -0.2) is 0 Å². The largest absolute Gasteiger partial charge is 0.460 e. The summed E-state index contributed by atoms with van der Waals surface area (Å²) in [5.74, 6) is 2.40. The van der Waals surface area contributed by atoms with E-state index in [-0.39, 0.29) is 42.1 Å². The Labute approximate surface area is 335 Å². The smallest absolute Gasteiger partial charge is 0.230 e. The third-order valence-corrected chi connectivity index (χ3v) is 12.8. The van der Waals surface area contributed by atoms with Crippen molar-refractivity contribution in [3.05, 3.63) is 133 Å². The third kappa shape index (κ3) is 8.76. The van der Waals surface area contributed by atoms with E-state index in [0.717, 1.165) is 95.9 Å². The molecule has 0 amide bonds. The van der Waals surface area contributed by atoms with E-state index in [0.29, 0.717) is 13.0 Å². The van der Waals surface area contributed by atoms with Crippen molar-refractivity contribution in [2.75, 3.05) is 32.7 Å². The molecule has 3 aliphatic rings. The molecule has 294 valence electrons. The number of rotatable bonds is 19. The van der Waals surface area contributed by atoms with Crippen molar-refractivity contribution in [1.29, 1.82) is 0 Å². The van der Waals surface area contributed by atoms with E-state index in [1.54, 1.807) is 7.11 Å². The first-order valence-corrected chi connectivity index (χ1v) is 21.1. The highest BCUT2D eigenvalue weighted by atomic mass is 32.2. The molecule has 2 N–H and O–H groups in total.